The SMILES string of the molecule is [2H]C([2H])([2H])C([2H])(C([2H])([2H])[2H])C([2H])([2H])c1ccc(C(C)C(=O)O)cc1. The van der Waals surface area contributed by atoms with E-state index < -0.39 is 37.9 Å². The van der Waals surface area contributed by atoms with Gasteiger partial charge < -0.3 is 5.11 Å². The predicted molar refractivity (Wildman–Crippen MR) is 61.0 cm³/mol. The lowest BCUT2D eigenvalue weighted by atomic mass is 9.97. The van der Waals surface area contributed by atoms with Crippen molar-refractivity contribution in [3.05, 3.63) is 35.4 Å². The summed E-state index contributed by atoms with van der Waals surface area (Å²) in [4.78, 5) is 11.0. The van der Waals surface area contributed by atoms with Crippen LogP contribution in [0.5, 0.6) is 0 Å². The highest BCUT2D eigenvalue weighted by Gasteiger charge is 2.12. The third-order valence-corrected chi connectivity index (χ3v) is 2.05. The first-order chi connectivity index (χ1) is 10.6. The van der Waals surface area contributed by atoms with Crippen molar-refractivity contribution in [2.45, 2.75) is 32.9 Å². The van der Waals surface area contributed by atoms with Crippen LogP contribution in [-0.2, 0) is 11.2 Å². The van der Waals surface area contributed by atoms with Gasteiger partial charge in [0.2, 0.25) is 0 Å². The first kappa shape index (κ1) is 4.28. The second-order valence-electron chi connectivity index (χ2n) is 3.18. The van der Waals surface area contributed by atoms with E-state index in [0.29, 0.717) is 5.56 Å². The summed E-state index contributed by atoms with van der Waals surface area (Å²) >= 11 is 0. The lowest BCUT2D eigenvalue weighted by Crippen LogP contribution is -2.07. The van der Waals surface area contributed by atoms with E-state index >= 15 is 0 Å². The van der Waals surface area contributed by atoms with Gasteiger partial charge in [-0.15, -0.1) is 0 Å². The molecule has 0 fully saturated rings. The Morgan fingerprint density at radius 2 is 2.13 bits per heavy atom. The second-order valence-corrected chi connectivity index (χ2v) is 3.18. The van der Waals surface area contributed by atoms with Crippen LogP contribution in [0.1, 0.15) is 50.0 Å². The first-order valence-corrected chi connectivity index (χ1v) is 4.40. The maximum absolute atomic E-state index is 11.0. The van der Waals surface area contributed by atoms with Crippen LogP contribution in [0.2, 0.25) is 0 Å². The van der Waals surface area contributed by atoms with Crippen molar-refractivity contribution >= 4 is 5.97 Å². The highest BCUT2D eigenvalue weighted by Crippen LogP contribution is 2.17. The van der Waals surface area contributed by atoms with Gasteiger partial charge in [-0.3, -0.25) is 4.79 Å². The van der Waals surface area contributed by atoms with Crippen LogP contribution < -0.4 is 0 Å². The number of benzene rings is 1. The number of aliphatic carboxylic acids is 1. The van der Waals surface area contributed by atoms with Gasteiger partial charge >= 0.3 is 5.97 Å². The summed E-state index contributed by atoms with van der Waals surface area (Å²) in [6, 6.07) is 4.81. The molecule has 0 aromatic heterocycles. The van der Waals surface area contributed by atoms with Gasteiger partial charge in [-0.05, 0) is 30.3 Å². The van der Waals surface area contributed by atoms with Crippen molar-refractivity contribution in [2.75, 3.05) is 0 Å². The van der Waals surface area contributed by atoms with Crippen molar-refractivity contribution in [3.63, 3.8) is 0 Å². The summed E-state index contributed by atoms with van der Waals surface area (Å²) in [6.45, 7) is -5.39. The zero-order valence-corrected chi connectivity index (χ0v) is 8.24. The molecule has 0 aliphatic rings. The topological polar surface area (TPSA) is 37.3 Å². The van der Waals surface area contributed by atoms with Gasteiger partial charge in [-0.2, -0.15) is 0 Å². The normalized spacial score (nSPS) is 25.0. The molecule has 1 atom stereocenters. The minimum absolute atomic E-state index is 0.314. The highest BCUT2D eigenvalue weighted by molar-refractivity contribution is 5.75. The van der Waals surface area contributed by atoms with Gasteiger partial charge in [0.15, 0.2) is 0 Å². The van der Waals surface area contributed by atoms with Crippen LogP contribution in [0.3, 0.4) is 0 Å². The average molecular weight is 215 g/mol. The van der Waals surface area contributed by atoms with Gasteiger partial charge in [-0.1, -0.05) is 38.0 Å². The molecule has 0 saturated heterocycles. The number of carboxylic acid groups (broad SMARTS) is 1. The molecule has 0 saturated carbocycles. The lowest BCUT2D eigenvalue weighted by molar-refractivity contribution is -0.138. The second kappa shape index (κ2) is 4.96. The molecule has 0 amide bonds. The largest absolute Gasteiger partial charge is 0.481 e. The monoisotopic (exact) mass is 215 g/mol. The fourth-order valence-corrected chi connectivity index (χ4v) is 1.14. The quantitative estimate of drug-likeness (QED) is 0.838. The molecule has 0 heterocycles. The first-order valence-electron chi connectivity index (χ1n) is 8.90. The van der Waals surface area contributed by atoms with Gasteiger partial charge in [0.1, 0.15) is 0 Å². The van der Waals surface area contributed by atoms with E-state index in [-0.39, 0.29) is 5.56 Å². The number of rotatable bonds is 4. The Kier molecular flexibility index (Phi) is 1.42. The van der Waals surface area contributed by atoms with Crippen LogP contribution >= 0.6 is 0 Å². The van der Waals surface area contributed by atoms with Crippen LogP contribution in [0, 0.1) is 5.89 Å². The predicted octanol–water partition coefficient (Wildman–Crippen LogP) is 3.07. The molecule has 15 heavy (non-hydrogen) atoms. The highest BCUT2D eigenvalue weighted by atomic mass is 16.4. The molecule has 0 aliphatic carbocycles. The molecular weight excluding hydrogens is 188 g/mol. The molecule has 2 nitrogen and oxygen atoms in total. The van der Waals surface area contributed by atoms with E-state index in [1.165, 1.54) is 19.1 Å². The maximum atomic E-state index is 11.0. The zero-order valence-electron chi connectivity index (χ0n) is 17.2. The Morgan fingerprint density at radius 3 is 2.60 bits per heavy atom. The van der Waals surface area contributed by atoms with Crippen LogP contribution in [-0.4, -0.2) is 11.1 Å². The van der Waals surface area contributed by atoms with Gasteiger partial charge in [0.05, 0.1) is 5.92 Å². The molecule has 1 unspecified atom stereocenters. The van der Waals surface area contributed by atoms with E-state index in [1.54, 1.807) is 0 Å². The molecule has 0 radical (unpaired) electrons. The number of carbonyl (C=O) groups is 1. The van der Waals surface area contributed by atoms with E-state index in [4.69, 9.17) is 17.4 Å². The number of hydrogen-bond acceptors (Lipinski definition) is 1. The lowest BCUT2D eigenvalue weighted by Gasteiger charge is -2.09. The molecule has 2 heteroatoms. The molecule has 0 aliphatic heterocycles. The maximum Gasteiger partial charge on any atom is 0.310 e. The minimum atomic E-state index is -3.41. The summed E-state index contributed by atoms with van der Waals surface area (Å²) in [5.74, 6) is -5.34. The minimum Gasteiger partial charge on any atom is -0.481 e. The molecule has 0 spiro atoms. The summed E-state index contributed by atoms with van der Waals surface area (Å²) < 4.78 is 68.3. The van der Waals surface area contributed by atoms with Crippen molar-refractivity contribution in [2.24, 2.45) is 5.89 Å². The number of hydrogen-bond donors (Lipinski definition) is 1. The Morgan fingerprint density at radius 1 is 1.53 bits per heavy atom. The van der Waals surface area contributed by atoms with Gasteiger partial charge in [0, 0.05) is 12.3 Å². The number of carboxylic acids is 1. The zero-order chi connectivity index (χ0) is 19.1. The Balaban J connectivity index is 3.44. The Labute approximate surface area is 104 Å². The fourth-order valence-electron chi connectivity index (χ4n) is 1.14. The van der Waals surface area contributed by atoms with Gasteiger partial charge in [0.25, 0.3) is 0 Å². The molecule has 1 N–H and O–H groups in total. The summed E-state index contributed by atoms with van der Waals surface area (Å²) in [5, 5.41) is 8.95. The van der Waals surface area contributed by atoms with Crippen molar-refractivity contribution in [1.29, 1.82) is 0 Å². The van der Waals surface area contributed by atoms with Crippen molar-refractivity contribution in [1.82, 2.24) is 0 Å². The fraction of sp³-hybridized carbons (Fsp3) is 0.462. The third-order valence-electron chi connectivity index (χ3n) is 2.05. The molecule has 0 bridgehead atoms. The molecule has 82 valence electrons. The van der Waals surface area contributed by atoms with E-state index in [1.807, 2.05) is 0 Å². The van der Waals surface area contributed by atoms with Crippen molar-refractivity contribution in [3.8, 4) is 0 Å². The van der Waals surface area contributed by atoms with E-state index in [0.717, 1.165) is 12.1 Å². The Bertz CT molecular complexity index is 587. The van der Waals surface area contributed by atoms with Crippen LogP contribution in [0.15, 0.2) is 24.3 Å². The summed E-state index contributed by atoms with van der Waals surface area (Å²) in [6.07, 6.45) is -3.02. The third kappa shape index (κ3) is 3.39. The van der Waals surface area contributed by atoms with E-state index in [9.17, 15) is 4.79 Å². The Hall–Kier alpha value is -1.31. The van der Waals surface area contributed by atoms with Crippen LogP contribution in [0.25, 0.3) is 0 Å². The standard InChI is InChI=1S/C13H18O2/c1-9(2)8-11-4-6-12(7-5-11)10(3)13(14)15/h4-7,9-10H,8H2,1-3H3,(H,14,15)/i1D3,2D3,8D2,9D. The van der Waals surface area contributed by atoms with Crippen molar-refractivity contribution < 1.29 is 22.2 Å². The summed E-state index contributed by atoms with van der Waals surface area (Å²) in [7, 11) is 0. The smallest absolute Gasteiger partial charge is 0.310 e. The molecule has 1 aromatic rings. The molecule has 1 aromatic carbocycles. The molecular formula is C13H18O2. The van der Waals surface area contributed by atoms with Gasteiger partial charge in [-0.25, -0.2) is 0 Å². The summed E-state index contributed by atoms with van der Waals surface area (Å²) in [5.41, 5.74) is 0.0338. The molecule has 1 rings (SSSR count). The van der Waals surface area contributed by atoms with E-state index in [2.05, 4.69) is 0 Å². The average Bonchev–Trinajstić information content (AvgIpc) is 2.43. The van der Waals surface area contributed by atoms with Crippen LogP contribution in [0.4, 0.5) is 0 Å².